The van der Waals surface area contributed by atoms with Gasteiger partial charge in [0.2, 0.25) is 0 Å². The quantitative estimate of drug-likeness (QED) is 0.273. The minimum atomic E-state index is -1.23. The Kier molecular flexibility index (Phi) is 16.0. The summed E-state index contributed by atoms with van der Waals surface area (Å²) in [6.07, 6.45) is 0. The number of halogens is 2. The van der Waals surface area contributed by atoms with Gasteiger partial charge in [-0.2, -0.15) is 0 Å². The maximum absolute atomic E-state index is 9.12. The number of hydrogen-bond acceptors (Lipinski definition) is 4. The molecule has 30 heavy (non-hydrogen) atoms. The summed E-state index contributed by atoms with van der Waals surface area (Å²) in [7, 11) is -0.446. The van der Waals surface area contributed by atoms with E-state index in [4.69, 9.17) is 19.8 Å². The first-order valence-electron chi connectivity index (χ1n) is 8.46. The van der Waals surface area contributed by atoms with Crippen molar-refractivity contribution in [3.05, 3.63) is 91.0 Å². The molecule has 0 amide bonds. The minimum Gasteiger partial charge on any atom is -0.549 e. The summed E-state index contributed by atoms with van der Waals surface area (Å²) >= 11 is 9.35. The van der Waals surface area contributed by atoms with E-state index in [1.807, 2.05) is 0 Å². The average Bonchev–Trinajstić information content (AvgIpc) is 2.77. The summed E-state index contributed by atoms with van der Waals surface area (Å²) in [6, 6.07) is 32.3. The summed E-state index contributed by atoms with van der Waals surface area (Å²) in [5.41, 5.74) is 0. The van der Waals surface area contributed by atoms with Crippen molar-refractivity contribution in [2.45, 2.75) is 0 Å². The number of carboxylic acids is 2. The molecule has 4 nitrogen and oxygen atoms in total. The number of rotatable bonds is 5. The SMILES string of the molecule is O=C([O-])CCl.O=C([O-])CCl.[Rh+2].c1ccc(P(c2ccccc2)c2ccccc2)cc1. The fraction of sp³-hybridized carbons (Fsp3) is 0.0909. The van der Waals surface area contributed by atoms with Crippen molar-refractivity contribution in [2.75, 3.05) is 11.8 Å². The third-order valence-corrected chi connectivity index (χ3v) is 6.14. The number of aliphatic carboxylic acids is 2. The Balaban J connectivity index is 0.000000646. The summed E-state index contributed by atoms with van der Waals surface area (Å²) in [5, 5.41) is 22.4. The monoisotopic (exact) mass is 551 g/mol. The molecule has 159 valence electrons. The van der Waals surface area contributed by atoms with Crippen LogP contribution in [-0.4, -0.2) is 23.7 Å². The number of benzene rings is 3. The maximum atomic E-state index is 9.12. The fourth-order valence-corrected chi connectivity index (χ4v) is 4.48. The number of carbonyl (C=O) groups excluding carboxylic acids is 2. The van der Waals surface area contributed by atoms with Crippen LogP contribution >= 0.6 is 31.1 Å². The second-order valence-corrected chi connectivity index (χ2v) is 8.11. The molecule has 0 bridgehead atoms. The molecule has 0 aliphatic carbocycles. The molecule has 0 saturated carbocycles. The minimum absolute atomic E-state index is 0. The summed E-state index contributed by atoms with van der Waals surface area (Å²) in [6.45, 7) is 0. The third kappa shape index (κ3) is 11.4. The van der Waals surface area contributed by atoms with Gasteiger partial charge in [-0.15, -0.1) is 23.2 Å². The predicted molar refractivity (Wildman–Crippen MR) is 117 cm³/mol. The van der Waals surface area contributed by atoms with Gasteiger partial charge in [-0.3, -0.25) is 0 Å². The Morgan fingerprint density at radius 1 is 0.600 bits per heavy atom. The van der Waals surface area contributed by atoms with Gasteiger partial charge >= 0.3 is 19.5 Å². The molecule has 8 heteroatoms. The van der Waals surface area contributed by atoms with E-state index in [2.05, 4.69) is 114 Å². The molecule has 0 fully saturated rings. The third-order valence-electron chi connectivity index (χ3n) is 3.26. The van der Waals surface area contributed by atoms with E-state index in [1.165, 1.54) is 15.9 Å². The van der Waals surface area contributed by atoms with Crippen LogP contribution in [0.4, 0.5) is 0 Å². The molecule has 0 aliphatic rings. The molecule has 3 rings (SSSR count). The van der Waals surface area contributed by atoms with Crippen LogP contribution in [0.1, 0.15) is 0 Å². The van der Waals surface area contributed by atoms with Gasteiger partial charge in [-0.25, -0.2) is 0 Å². The average molecular weight is 552 g/mol. The Bertz CT molecular complexity index is 745. The van der Waals surface area contributed by atoms with Crippen molar-refractivity contribution in [1.29, 1.82) is 0 Å². The van der Waals surface area contributed by atoms with Gasteiger partial charge in [0.15, 0.2) is 0 Å². The first-order chi connectivity index (χ1) is 14.0. The van der Waals surface area contributed by atoms with Gasteiger partial charge < -0.3 is 19.8 Å². The van der Waals surface area contributed by atoms with Gasteiger partial charge in [-0.1, -0.05) is 91.0 Å². The molecule has 3 aromatic rings. The van der Waals surface area contributed by atoms with Crippen LogP contribution < -0.4 is 26.1 Å². The van der Waals surface area contributed by atoms with Crippen LogP contribution in [0.15, 0.2) is 91.0 Å². The molecular formula is C22H19Cl2O4PRh. The van der Waals surface area contributed by atoms with E-state index < -0.39 is 31.6 Å². The molecule has 0 atom stereocenters. The van der Waals surface area contributed by atoms with E-state index in [0.717, 1.165) is 0 Å². The molecule has 1 radical (unpaired) electrons. The van der Waals surface area contributed by atoms with E-state index >= 15 is 0 Å². The largest absolute Gasteiger partial charge is 2.00 e. The summed E-state index contributed by atoms with van der Waals surface area (Å²) in [5.74, 6) is -3.29. The van der Waals surface area contributed by atoms with E-state index in [1.54, 1.807) is 0 Å². The number of carbonyl (C=O) groups is 2. The number of alkyl halides is 2. The molecule has 3 aromatic carbocycles. The van der Waals surface area contributed by atoms with Crippen LogP contribution in [-0.2, 0) is 29.1 Å². The Hall–Kier alpha value is -1.77. The van der Waals surface area contributed by atoms with Gasteiger partial charge in [0.1, 0.15) is 0 Å². The van der Waals surface area contributed by atoms with Crippen LogP contribution in [0.3, 0.4) is 0 Å². The van der Waals surface area contributed by atoms with Crippen LogP contribution in [0, 0.1) is 0 Å². The van der Waals surface area contributed by atoms with Gasteiger partial charge in [0, 0.05) is 0 Å². The molecule has 0 aliphatic heterocycles. The van der Waals surface area contributed by atoms with Gasteiger partial charge in [0.25, 0.3) is 0 Å². The standard InChI is InChI=1S/C18H15P.2C2H3ClO2.Rh/c1-4-10-16(11-5-1)19(17-12-6-2-7-13-17)18-14-8-3-9-15-18;2*3-1-2(4)5;/h1-15H;2*1H2,(H,4,5);/q;;;+2/p-2. The Morgan fingerprint density at radius 3 is 0.967 bits per heavy atom. The van der Waals surface area contributed by atoms with Crippen molar-refractivity contribution >= 4 is 59.0 Å². The topological polar surface area (TPSA) is 80.3 Å². The van der Waals surface area contributed by atoms with E-state index in [9.17, 15) is 0 Å². The maximum Gasteiger partial charge on any atom is 2.00 e. The second kappa shape index (κ2) is 17.0. The smallest absolute Gasteiger partial charge is 0.549 e. The van der Waals surface area contributed by atoms with Crippen molar-refractivity contribution in [3.63, 3.8) is 0 Å². The fourth-order valence-electron chi connectivity index (χ4n) is 2.18. The zero-order chi connectivity index (χ0) is 21.5. The van der Waals surface area contributed by atoms with Crippen molar-refractivity contribution in [3.8, 4) is 0 Å². The van der Waals surface area contributed by atoms with E-state index in [-0.39, 0.29) is 19.5 Å². The first-order valence-corrected chi connectivity index (χ1v) is 10.9. The Labute approximate surface area is 200 Å². The van der Waals surface area contributed by atoms with Gasteiger partial charge in [0.05, 0.1) is 23.7 Å². The van der Waals surface area contributed by atoms with Gasteiger partial charge in [-0.05, 0) is 23.8 Å². The molecule has 0 aromatic heterocycles. The second-order valence-electron chi connectivity index (χ2n) is 5.35. The number of carboxylic acid groups (broad SMARTS) is 2. The molecule has 0 N–H and O–H groups in total. The zero-order valence-corrected chi connectivity index (χ0v) is 19.8. The zero-order valence-electron chi connectivity index (χ0n) is 15.7. The predicted octanol–water partition coefficient (Wildman–Crippen LogP) is 1.39. The van der Waals surface area contributed by atoms with Crippen molar-refractivity contribution < 1.29 is 39.3 Å². The molecule has 0 unspecified atom stereocenters. The summed E-state index contributed by atoms with van der Waals surface area (Å²) < 4.78 is 0. The number of hydrogen-bond donors (Lipinski definition) is 0. The normalized spacial score (nSPS) is 9.17. The Morgan fingerprint density at radius 2 is 0.800 bits per heavy atom. The van der Waals surface area contributed by atoms with Crippen LogP contribution in [0.25, 0.3) is 0 Å². The molecular weight excluding hydrogens is 533 g/mol. The first kappa shape index (κ1) is 28.2. The molecule has 0 spiro atoms. The molecule has 0 heterocycles. The van der Waals surface area contributed by atoms with Crippen LogP contribution in [0.2, 0.25) is 0 Å². The van der Waals surface area contributed by atoms with Crippen molar-refractivity contribution in [2.24, 2.45) is 0 Å². The molecule has 0 saturated heterocycles. The summed E-state index contributed by atoms with van der Waals surface area (Å²) in [4.78, 5) is 18.2. The van der Waals surface area contributed by atoms with E-state index in [0.29, 0.717) is 0 Å². The van der Waals surface area contributed by atoms with Crippen molar-refractivity contribution in [1.82, 2.24) is 0 Å². The van der Waals surface area contributed by atoms with Crippen LogP contribution in [0.5, 0.6) is 0 Å².